The number of ether oxygens (including phenoxy) is 2. The maximum Gasteiger partial charge on any atom is 0.212 e. The number of aliphatic hydroxyl groups excluding tert-OH is 8. The molecule has 16 nitrogen and oxygen atoms in total. The van der Waals surface area contributed by atoms with Crippen LogP contribution in [-0.4, -0.2) is 154 Å². The predicted molar refractivity (Wildman–Crippen MR) is 137 cm³/mol. The number of Topliss-reactive ketones (excluding diaryl/α,β-unsaturated/α-hetero) is 3. The van der Waals surface area contributed by atoms with Crippen LogP contribution in [0.15, 0.2) is 30.3 Å². The average Bonchev–Trinajstić information content (AvgIpc) is 2.98. The van der Waals surface area contributed by atoms with E-state index in [0.29, 0.717) is 5.56 Å². The fourth-order valence-corrected chi connectivity index (χ4v) is 5.59. The van der Waals surface area contributed by atoms with Gasteiger partial charge in [-0.3, -0.25) is 19.2 Å². The van der Waals surface area contributed by atoms with Crippen molar-refractivity contribution < 1.29 is 79.7 Å². The smallest absolute Gasteiger partial charge is 0.212 e. The first-order valence-electron chi connectivity index (χ1n) is 13.2. The summed E-state index contributed by atoms with van der Waals surface area (Å²) in [4.78, 5) is 54.6. The first-order chi connectivity index (χ1) is 20.2. The lowest BCUT2D eigenvalue weighted by Gasteiger charge is -2.50. The topological polar surface area (TPSA) is 289 Å². The van der Waals surface area contributed by atoms with Gasteiger partial charge in [-0.1, -0.05) is 18.2 Å². The van der Waals surface area contributed by atoms with Crippen molar-refractivity contribution in [3.05, 3.63) is 35.9 Å². The van der Waals surface area contributed by atoms with Crippen molar-refractivity contribution in [3.8, 4) is 5.75 Å². The molecule has 2 heterocycles. The third kappa shape index (κ3) is 5.56. The highest BCUT2D eigenvalue weighted by atomic mass is 16.6. The van der Waals surface area contributed by atoms with Crippen LogP contribution in [-0.2, 0) is 28.7 Å². The highest BCUT2D eigenvalue weighted by Crippen LogP contribution is 2.41. The maximum atomic E-state index is 13.9. The first kappa shape index (κ1) is 32.9. The number of carbonyl (C=O) groups is 4. The molecule has 2 saturated heterocycles. The van der Waals surface area contributed by atoms with Crippen molar-refractivity contribution in [1.29, 1.82) is 0 Å². The summed E-state index contributed by atoms with van der Waals surface area (Å²) in [5.41, 5.74) is -3.33. The van der Waals surface area contributed by atoms with Crippen molar-refractivity contribution in [2.45, 2.75) is 66.6 Å². The molecular formula is C27H32O16. The van der Waals surface area contributed by atoms with Crippen LogP contribution in [0.25, 0.3) is 6.08 Å². The number of rotatable bonds is 7. The van der Waals surface area contributed by atoms with Gasteiger partial charge in [0.05, 0.1) is 13.2 Å². The van der Waals surface area contributed by atoms with E-state index in [2.05, 4.69) is 0 Å². The summed E-state index contributed by atoms with van der Waals surface area (Å²) in [7, 11) is 0. The molecule has 3 unspecified atom stereocenters. The van der Waals surface area contributed by atoms with Crippen LogP contribution in [0, 0.1) is 11.8 Å². The number of carbonyl (C=O) groups excluding carboxylic acids is 4. The molecule has 2 aliphatic heterocycles. The van der Waals surface area contributed by atoms with Crippen LogP contribution >= 0.6 is 0 Å². The van der Waals surface area contributed by atoms with E-state index in [1.54, 1.807) is 0 Å². The molecule has 0 aromatic heterocycles. The fraction of sp³-hybridized carbons (Fsp3) is 0.556. The Bertz CT molecular complexity index is 1260. The molecule has 10 N–H and O–H groups in total. The van der Waals surface area contributed by atoms with Crippen molar-refractivity contribution in [2.24, 2.45) is 11.8 Å². The van der Waals surface area contributed by atoms with E-state index in [0.717, 1.165) is 12.2 Å². The quantitative estimate of drug-likeness (QED) is 0.101. The lowest BCUT2D eigenvalue weighted by molar-refractivity contribution is -0.268. The monoisotopic (exact) mass is 612 g/mol. The van der Waals surface area contributed by atoms with Crippen LogP contribution in [0.4, 0.5) is 0 Å². The van der Waals surface area contributed by atoms with Gasteiger partial charge in [0.1, 0.15) is 78.6 Å². The summed E-state index contributed by atoms with van der Waals surface area (Å²) in [6.45, 7) is -2.02. The number of phenolic OH excluding ortho intramolecular Hbond substituents is 1. The van der Waals surface area contributed by atoms with Gasteiger partial charge < -0.3 is 60.5 Å². The van der Waals surface area contributed by atoms with Crippen LogP contribution in [0.2, 0.25) is 0 Å². The Balaban J connectivity index is 1.82. The standard InChI is InChI=1S/C27H32O16/c28-7-12-16(32)19(35)21(37)23(42-12)15-18(34)14(11(31)6-3-9-1-4-10(30)5-2-9)24(39)27(41,25(15)40)26-22(38)20(36)17(33)13(8-29)43-26/h1-6,12-17,19-23,26,28-30,32-33,35-38,41H,7-8H2/b6-3+/t12-,13-,14?,15?,16-,17-,19+,20+,21-,22-,23+,26-,27?/m1/s1. The Hall–Kier alpha value is -3.00. The Morgan fingerprint density at radius 2 is 1.30 bits per heavy atom. The molecular weight excluding hydrogens is 580 g/mol. The van der Waals surface area contributed by atoms with Crippen LogP contribution in [0.1, 0.15) is 5.56 Å². The Morgan fingerprint density at radius 1 is 0.767 bits per heavy atom. The summed E-state index contributed by atoms with van der Waals surface area (Å²) >= 11 is 0. The second-order valence-corrected chi connectivity index (χ2v) is 10.7. The van der Waals surface area contributed by atoms with E-state index in [9.17, 15) is 70.2 Å². The largest absolute Gasteiger partial charge is 0.508 e. The van der Waals surface area contributed by atoms with Crippen molar-refractivity contribution in [3.63, 3.8) is 0 Å². The molecule has 3 aliphatic rings. The normalized spacial score (nSPS) is 42.4. The van der Waals surface area contributed by atoms with Gasteiger partial charge in [-0.15, -0.1) is 0 Å². The van der Waals surface area contributed by atoms with E-state index in [4.69, 9.17) is 9.47 Å². The van der Waals surface area contributed by atoms with Crippen molar-refractivity contribution >= 4 is 29.2 Å². The fourth-order valence-electron chi connectivity index (χ4n) is 5.59. The van der Waals surface area contributed by atoms with Gasteiger partial charge in [-0.25, -0.2) is 0 Å². The highest BCUT2D eigenvalue weighted by Gasteiger charge is 2.69. The van der Waals surface area contributed by atoms with Gasteiger partial charge in [0, 0.05) is 0 Å². The molecule has 43 heavy (non-hydrogen) atoms. The number of aromatic hydroxyl groups is 1. The summed E-state index contributed by atoms with van der Waals surface area (Å²) in [5, 5.41) is 103. The minimum atomic E-state index is -3.64. The van der Waals surface area contributed by atoms with Gasteiger partial charge in [0.25, 0.3) is 0 Å². The number of hydrogen-bond donors (Lipinski definition) is 10. The maximum absolute atomic E-state index is 13.9. The van der Waals surface area contributed by atoms with Crippen LogP contribution < -0.4 is 0 Å². The Labute approximate surface area is 242 Å². The number of phenols is 1. The third-order valence-corrected chi connectivity index (χ3v) is 8.07. The van der Waals surface area contributed by atoms with E-state index in [-0.39, 0.29) is 5.75 Å². The Kier molecular flexibility index (Phi) is 9.60. The van der Waals surface area contributed by atoms with Crippen molar-refractivity contribution in [2.75, 3.05) is 13.2 Å². The molecule has 13 atom stereocenters. The summed E-state index contributed by atoms with van der Waals surface area (Å²) < 4.78 is 10.6. The molecule has 0 amide bonds. The molecule has 1 aromatic rings. The summed E-state index contributed by atoms with van der Waals surface area (Å²) in [6, 6.07) is 5.28. The van der Waals surface area contributed by atoms with Crippen LogP contribution in [0.3, 0.4) is 0 Å². The average molecular weight is 613 g/mol. The van der Waals surface area contributed by atoms with Gasteiger partial charge in [0.15, 0.2) is 23.1 Å². The van der Waals surface area contributed by atoms with Gasteiger partial charge in [-0.05, 0) is 23.8 Å². The molecule has 1 aliphatic carbocycles. The van der Waals surface area contributed by atoms with Crippen LogP contribution in [0.5, 0.6) is 5.75 Å². The molecule has 3 fully saturated rings. The second-order valence-electron chi connectivity index (χ2n) is 10.7. The molecule has 0 radical (unpaired) electrons. The van der Waals surface area contributed by atoms with Gasteiger partial charge in [0.2, 0.25) is 5.60 Å². The zero-order chi connectivity index (χ0) is 32.0. The number of ketones is 4. The van der Waals surface area contributed by atoms with E-state index in [1.807, 2.05) is 0 Å². The van der Waals surface area contributed by atoms with Crippen molar-refractivity contribution in [1.82, 2.24) is 0 Å². The summed E-state index contributed by atoms with van der Waals surface area (Å²) in [5.74, 6) is -11.5. The number of allylic oxidation sites excluding steroid dienone is 1. The number of benzene rings is 1. The first-order valence-corrected chi connectivity index (χ1v) is 13.2. The predicted octanol–water partition coefficient (Wildman–Crippen LogP) is -5.66. The zero-order valence-electron chi connectivity index (χ0n) is 22.2. The molecule has 0 spiro atoms. The molecule has 1 aromatic carbocycles. The molecule has 0 bridgehead atoms. The molecule has 4 rings (SSSR count). The number of hydrogen-bond acceptors (Lipinski definition) is 16. The highest BCUT2D eigenvalue weighted by molar-refractivity contribution is 6.37. The summed E-state index contributed by atoms with van der Waals surface area (Å²) in [6.07, 6.45) is -19.0. The zero-order valence-corrected chi connectivity index (χ0v) is 22.2. The van der Waals surface area contributed by atoms with Gasteiger partial charge in [-0.2, -0.15) is 0 Å². The van der Waals surface area contributed by atoms with Gasteiger partial charge >= 0.3 is 0 Å². The second kappa shape index (κ2) is 12.5. The number of aliphatic hydroxyl groups is 9. The van der Waals surface area contributed by atoms with E-state index >= 15 is 0 Å². The minimum Gasteiger partial charge on any atom is -0.508 e. The SMILES string of the molecule is O=C(/C=C/c1ccc(O)cc1)C1C(=O)C([C@@H]2O[C@H](CO)[C@@H](O)[C@H](O)[C@H]2O)C(=O)C(O)([C@@H]2O[C@H](CO)[C@@H](O)[C@H](O)[C@H]2O)C1=O. The third-order valence-electron chi connectivity index (χ3n) is 8.07. The lowest BCUT2D eigenvalue weighted by atomic mass is 9.62. The lowest BCUT2D eigenvalue weighted by Crippen LogP contribution is -2.76. The molecule has 1 saturated carbocycles. The molecule has 236 valence electrons. The van der Waals surface area contributed by atoms with E-state index in [1.165, 1.54) is 24.3 Å². The molecule has 16 heteroatoms. The van der Waals surface area contributed by atoms with E-state index < -0.39 is 115 Å². The minimum absolute atomic E-state index is 0.105. The Morgan fingerprint density at radius 3 is 1.86 bits per heavy atom.